The van der Waals surface area contributed by atoms with Gasteiger partial charge in [0.15, 0.2) is 0 Å². The molecule has 1 aromatic rings. The zero-order valence-corrected chi connectivity index (χ0v) is 9.19. The van der Waals surface area contributed by atoms with Crippen LogP contribution in [0.25, 0.3) is 0 Å². The van der Waals surface area contributed by atoms with Crippen molar-refractivity contribution in [3.63, 3.8) is 0 Å². The molecule has 0 fully saturated rings. The van der Waals surface area contributed by atoms with Crippen LogP contribution in [0.2, 0.25) is 0 Å². The van der Waals surface area contributed by atoms with Gasteiger partial charge in [-0.2, -0.15) is 0 Å². The Balaban J connectivity index is 2.12. The van der Waals surface area contributed by atoms with Gasteiger partial charge >= 0.3 is 5.97 Å². The zero-order chi connectivity index (χ0) is 11.1. The van der Waals surface area contributed by atoms with Gasteiger partial charge in [0.25, 0.3) is 0 Å². The van der Waals surface area contributed by atoms with Gasteiger partial charge in [0.1, 0.15) is 5.82 Å². The van der Waals surface area contributed by atoms with E-state index in [-0.39, 0.29) is 12.5 Å². The van der Waals surface area contributed by atoms with Crippen molar-refractivity contribution in [2.45, 2.75) is 20.4 Å². The number of imidazole rings is 1. The molecule has 1 rings (SSSR count). The van der Waals surface area contributed by atoms with E-state index in [1.54, 1.807) is 13.1 Å². The molecule has 5 heteroatoms. The van der Waals surface area contributed by atoms with Crippen LogP contribution in [0.15, 0.2) is 12.4 Å². The third kappa shape index (κ3) is 4.12. The quantitative estimate of drug-likeness (QED) is 0.544. The van der Waals surface area contributed by atoms with Gasteiger partial charge in [-0.25, -0.2) is 4.98 Å². The third-order valence-corrected chi connectivity index (χ3v) is 2.03. The van der Waals surface area contributed by atoms with Crippen LogP contribution in [-0.2, 0) is 16.1 Å². The third-order valence-electron chi connectivity index (χ3n) is 2.03. The second kappa shape index (κ2) is 6.19. The summed E-state index contributed by atoms with van der Waals surface area (Å²) in [6, 6.07) is 0. The Bertz CT molecular complexity index is 309. The molecular weight excluding hydrogens is 194 g/mol. The van der Waals surface area contributed by atoms with Crippen molar-refractivity contribution >= 4 is 5.97 Å². The van der Waals surface area contributed by atoms with E-state index >= 15 is 0 Å². The molecule has 0 saturated heterocycles. The van der Waals surface area contributed by atoms with Crippen LogP contribution in [0, 0.1) is 6.92 Å². The molecule has 1 aromatic heterocycles. The highest BCUT2D eigenvalue weighted by atomic mass is 16.5. The van der Waals surface area contributed by atoms with E-state index < -0.39 is 0 Å². The molecule has 0 radical (unpaired) electrons. The van der Waals surface area contributed by atoms with Crippen molar-refractivity contribution in [3.05, 3.63) is 18.2 Å². The van der Waals surface area contributed by atoms with E-state index in [1.807, 2.05) is 17.7 Å². The first kappa shape index (κ1) is 11.7. The molecule has 0 bridgehead atoms. The number of esters is 1. The molecule has 0 aliphatic heterocycles. The number of ether oxygens (including phenoxy) is 1. The average molecular weight is 211 g/mol. The van der Waals surface area contributed by atoms with Crippen molar-refractivity contribution in [1.82, 2.24) is 14.9 Å². The lowest BCUT2D eigenvalue weighted by Crippen LogP contribution is -2.27. The Morgan fingerprint density at radius 2 is 2.47 bits per heavy atom. The summed E-state index contributed by atoms with van der Waals surface area (Å²) in [7, 11) is 0. The lowest BCUT2D eigenvalue weighted by atomic mass is 10.5. The van der Waals surface area contributed by atoms with Gasteiger partial charge in [0, 0.05) is 25.5 Å². The zero-order valence-electron chi connectivity index (χ0n) is 9.19. The smallest absolute Gasteiger partial charge is 0.319 e. The summed E-state index contributed by atoms with van der Waals surface area (Å²) in [6.45, 7) is 5.99. The number of aromatic nitrogens is 2. The van der Waals surface area contributed by atoms with Crippen LogP contribution >= 0.6 is 0 Å². The van der Waals surface area contributed by atoms with Gasteiger partial charge in [-0.05, 0) is 13.8 Å². The highest BCUT2D eigenvalue weighted by molar-refractivity contribution is 5.71. The summed E-state index contributed by atoms with van der Waals surface area (Å²) in [5, 5.41) is 3.01. The molecule has 84 valence electrons. The fourth-order valence-electron chi connectivity index (χ4n) is 1.24. The summed E-state index contributed by atoms with van der Waals surface area (Å²) < 4.78 is 6.81. The first-order valence-electron chi connectivity index (χ1n) is 5.08. The lowest BCUT2D eigenvalue weighted by molar-refractivity contribution is -0.141. The number of nitrogens with one attached hydrogen (secondary N) is 1. The molecular formula is C10H17N3O2. The minimum atomic E-state index is -0.208. The molecule has 0 saturated carbocycles. The van der Waals surface area contributed by atoms with E-state index in [1.165, 1.54) is 0 Å². The summed E-state index contributed by atoms with van der Waals surface area (Å²) in [4.78, 5) is 15.1. The predicted octanol–water partition coefficient (Wildman–Crippen LogP) is 0.344. The normalized spacial score (nSPS) is 10.3. The van der Waals surface area contributed by atoms with Crippen molar-refractivity contribution in [2.75, 3.05) is 19.7 Å². The fraction of sp³-hybridized carbons (Fsp3) is 0.600. The van der Waals surface area contributed by atoms with Crippen LogP contribution in [-0.4, -0.2) is 35.2 Å². The van der Waals surface area contributed by atoms with Crippen molar-refractivity contribution in [2.24, 2.45) is 0 Å². The molecule has 5 nitrogen and oxygen atoms in total. The molecule has 0 amide bonds. The molecule has 0 unspecified atom stereocenters. The van der Waals surface area contributed by atoms with Crippen LogP contribution in [0.1, 0.15) is 12.7 Å². The summed E-state index contributed by atoms with van der Waals surface area (Å²) in [5.74, 6) is 0.771. The predicted molar refractivity (Wildman–Crippen MR) is 56.5 cm³/mol. The maximum absolute atomic E-state index is 11.0. The average Bonchev–Trinajstić information content (AvgIpc) is 2.60. The molecule has 0 atom stereocenters. The topological polar surface area (TPSA) is 56.1 Å². The van der Waals surface area contributed by atoms with Gasteiger partial charge in [-0.15, -0.1) is 0 Å². The minimum absolute atomic E-state index is 0.208. The van der Waals surface area contributed by atoms with E-state index in [2.05, 4.69) is 10.3 Å². The maximum Gasteiger partial charge on any atom is 0.319 e. The number of hydrogen-bond acceptors (Lipinski definition) is 4. The molecule has 15 heavy (non-hydrogen) atoms. The second-order valence-corrected chi connectivity index (χ2v) is 3.15. The Morgan fingerprint density at radius 1 is 1.67 bits per heavy atom. The Labute approximate surface area is 89.4 Å². The first-order chi connectivity index (χ1) is 7.24. The van der Waals surface area contributed by atoms with Gasteiger partial charge in [0.2, 0.25) is 0 Å². The Kier molecular flexibility index (Phi) is 4.83. The van der Waals surface area contributed by atoms with Crippen LogP contribution in [0.4, 0.5) is 0 Å². The molecule has 0 spiro atoms. The van der Waals surface area contributed by atoms with E-state index in [0.717, 1.165) is 18.9 Å². The van der Waals surface area contributed by atoms with Crippen LogP contribution in [0.5, 0.6) is 0 Å². The largest absolute Gasteiger partial charge is 0.465 e. The molecule has 1 heterocycles. The number of hydrogen-bond donors (Lipinski definition) is 1. The van der Waals surface area contributed by atoms with Crippen LogP contribution in [0.3, 0.4) is 0 Å². The van der Waals surface area contributed by atoms with Gasteiger partial charge in [-0.3, -0.25) is 4.79 Å². The summed E-state index contributed by atoms with van der Waals surface area (Å²) >= 11 is 0. The molecule has 0 aliphatic carbocycles. The molecule has 0 aliphatic rings. The first-order valence-corrected chi connectivity index (χ1v) is 5.08. The SMILES string of the molecule is CCOC(=O)CNCCn1ccnc1C. The highest BCUT2D eigenvalue weighted by Gasteiger charge is 2.00. The minimum Gasteiger partial charge on any atom is -0.465 e. The van der Waals surface area contributed by atoms with E-state index in [0.29, 0.717) is 6.61 Å². The Morgan fingerprint density at radius 3 is 3.07 bits per heavy atom. The fourth-order valence-corrected chi connectivity index (χ4v) is 1.24. The highest BCUT2D eigenvalue weighted by Crippen LogP contribution is 1.93. The van der Waals surface area contributed by atoms with Gasteiger partial charge < -0.3 is 14.6 Å². The van der Waals surface area contributed by atoms with E-state index in [4.69, 9.17) is 4.74 Å². The van der Waals surface area contributed by atoms with Crippen molar-refractivity contribution < 1.29 is 9.53 Å². The van der Waals surface area contributed by atoms with Crippen LogP contribution < -0.4 is 5.32 Å². The summed E-state index contributed by atoms with van der Waals surface area (Å²) in [6.07, 6.45) is 3.68. The lowest BCUT2D eigenvalue weighted by Gasteiger charge is -2.06. The number of rotatable bonds is 6. The van der Waals surface area contributed by atoms with Gasteiger partial charge in [-0.1, -0.05) is 0 Å². The van der Waals surface area contributed by atoms with Crippen molar-refractivity contribution in [3.8, 4) is 0 Å². The second-order valence-electron chi connectivity index (χ2n) is 3.15. The molecule has 1 N–H and O–H groups in total. The van der Waals surface area contributed by atoms with E-state index in [9.17, 15) is 4.79 Å². The van der Waals surface area contributed by atoms with Gasteiger partial charge in [0.05, 0.1) is 13.2 Å². The summed E-state index contributed by atoms with van der Waals surface area (Å²) in [5.41, 5.74) is 0. The Hall–Kier alpha value is -1.36. The molecule has 0 aromatic carbocycles. The number of carbonyl (C=O) groups is 1. The number of carbonyl (C=O) groups excluding carboxylic acids is 1. The number of aryl methyl sites for hydroxylation is 1. The number of nitrogens with zero attached hydrogens (tertiary/aromatic N) is 2. The standard InChI is InChI=1S/C10H17N3O2/c1-3-15-10(14)8-11-4-6-13-7-5-12-9(13)2/h5,7,11H,3-4,6,8H2,1-2H3. The monoisotopic (exact) mass is 211 g/mol. The van der Waals surface area contributed by atoms with Crippen molar-refractivity contribution in [1.29, 1.82) is 0 Å². The maximum atomic E-state index is 11.0.